The first kappa shape index (κ1) is 21.9. The van der Waals surface area contributed by atoms with Crippen LogP contribution in [0.3, 0.4) is 0 Å². The zero-order valence-electron chi connectivity index (χ0n) is 13.7. The van der Waals surface area contributed by atoms with Crippen LogP contribution in [-0.2, 0) is 0 Å². The summed E-state index contributed by atoms with van der Waals surface area (Å²) in [6.07, 6.45) is 0. The van der Waals surface area contributed by atoms with Crippen LogP contribution in [0.5, 0.6) is 0 Å². The summed E-state index contributed by atoms with van der Waals surface area (Å²) in [5.74, 6) is -1.04. The zero-order chi connectivity index (χ0) is 16.8. The van der Waals surface area contributed by atoms with Gasteiger partial charge in [-0.05, 0) is 49.2 Å². The summed E-state index contributed by atoms with van der Waals surface area (Å²) < 4.78 is 24.4. The lowest BCUT2D eigenvalue weighted by atomic mass is 10.2. The van der Waals surface area contributed by atoms with Crippen molar-refractivity contribution in [1.29, 1.82) is 0 Å². The first-order valence-electron chi connectivity index (χ1n) is 7.12. The number of rotatable bonds is 0. The molecule has 0 saturated heterocycles. The van der Waals surface area contributed by atoms with E-state index in [1.54, 1.807) is 6.92 Å². The molecule has 0 amide bonds. The molecule has 2 aromatic rings. The quantitative estimate of drug-likeness (QED) is 0.492. The van der Waals surface area contributed by atoms with Gasteiger partial charge in [-0.3, -0.25) is 0 Å². The van der Waals surface area contributed by atoms with Gasteiger partial charge in [0.15, 0.2) is 0 Å². The van der Waals surface area contributed by atoms with Crippen LogP contribution >= 0.6 is 11.6 Å². The van der Waals surface area contributed by atoms with Gasteiger partial charge in [-0.2, -0.15) is 0 Å². The first-order valence-corrected chi connectivity index (χ1v) is 7.50. The molecule has 0 nitrogen and oxygen atoms in total. The molecule has 118 valence electrons. The fraction of sp³-hybridized carbons (Fsp3) is 0.333. The van der Waals surface area contributed by atoms with Crippen LogP contribution < -0.4 is 0 Å². The summed E-state index contributed by atoms with van der Waals surface area (Å²) in [5, 5.41) is 0.810. The van der Waals surface area contributed by atoms with Gasteiger partial charge in [-0.1, -0.05) is 51.4 Å². The lowest BCUT2D eigenvalue weighted by Gasteiger charge is -1.91. The Morgan fingerprint density at radius 1 is 0.714 bits per heavy atom. The van der Waals surface area contributed by atoms with E-state index in [4.69, 9.17) is 11.6 Å². The molecule has 0 aliphatic carbocycles. The number of hydrogen-bond donors (Lipinski definition) is 0. The van der Waals surface area contributed by atoms with Crippen LogP contribution in [0.2, 0.25) is 5.02 Å². The van der Waals surface area contributed by atoms with E-state index in [-0.39, 0.29) is 0 Å². The third kappa shape index (κ3) is 12.1. The molecule has 0 heterocycles. The number of halogens is 3. The van der Waals surface area contributed by atoms with E-state index in [0.717, 1.165) is 11.1 Å². The monoisotopic (exact) mass is 314 g/mol. The van der Waals surface area contributed by atoms with Gasteiger partial charge in [-0.25, -0.2) is 8.78 Å². The fourth-order valence-electron chi connectivity index (χ4n) is 1.30. The van der Waals surface area contributed by atoms with E-state index in [9.17, 15) is 8.78 Å². The highest BCUT2D eigenvalue weighted by atomic mass is 35.5. The molecule has 2 aromatic carbocycles. The molecule has 0 aliphatic rings. The third-order valence-corrected chi connectivity index (χ3v) is 2.22. The van der Waals surface area contributed by atoms with Crippen molar-refractivity contribution in [2.24, 2.45) is 0 Å². The Morgan fingerprint density at radius 3 is 1.48 bits per heavy atom. The van der Waals surface area contributed by atoms with Gasteiger partial charge in [0, 0.05) is 11.1 Å². The second-order valence-corrected chi connectivity index (χ2v) is 4.18. The first-order chi connectivity index (χ1) is 9.97. The van der Waals surface area contributed by atoms with Crippen molar-refractivity contribution in [1.82, 2.24) is 0 Å². The molecule has 0 N–H and O–H groups in total. The minimum Gasteiger partial charge on any atom is -0.207 e. The van der Waals surface area contributed by atoms with Gasteiger partial charge in [-0.15, -0.1) is 0 Å². The van der Waals surface area contributed by atoms with Gasteiger partial charge >= 0.3 is 0 Å². The van der Waals surface area contributed by atoms with Crippen molar-refractivity contribution >= 4 is 11.6 Å². The smallest absolute Gasteiger partial charge is 0.126 e. The Hall–Kier alpha value is -1.41. The maximum absolute atomic E-state index is 12.2. The van der Waals surface area contributed by atoms with E-state index in [1.165, 1.54) is 17.7 Å². The molecule has 0 atom stereocenters. The Balaban J connectivity index is 0. The van der Waals surface area contributed by atoms with E-state index in [1.807, 2.05) is 58.9 Å². The third-order valence-electron chi connectivity index (χ3n) is 1.99. The van der Waals surface area contributed by atoms with Crippen LogP contribution in [0.15, 0.2) is 42.5 Å². The Labute approximate surface area is 132 Å². The fourth-order valence-corrected chi connectivity index (χ4v) is 1.54. The maximum Gasteiger partial charge on any atom is 0.126 e. The highest BCUT2D eigenvalue weighted by Crippen LogP contribution is 2.08. The lowest BCUT2D eigenvalue weighted by Crippen LogP contribution is -1.80. The molecular weight excluding hydrogens is 290 g/mol. The second kappa shape index (κ2) is 13.6. The van der Waals surface area contributed by atoms with Crippen molar-refractivity contribution in [2.75, 3.05) is 0 Å². The van der Waals surface area contributed by atoms with Crippen molar-refractivity contribution in [3.8, 4) is 0 Å². The predicted molar refractivity (Wildman–Crippen MR) is 90.0 cm³/mol. The van der Waals surface area contributed by atoms with E-state index >= 15 is 0 Å². The molecule has 3 heteroatoms. The number of aryl methyl sites for hydroxylation is 2. The normalized spacial score (nSPS) is 8.24. The summed E-state index contributed by atoms with van der Waals surface area (Å²) >= 11 is 5.64. The van der Waals surface area contributed by atoms with E-state index in [2.05, 4.69) is 0 Å². The summed E-state index contributed by atoms with van der Waals surface area (Å²) in [4.78, 5) is 0. The Kier molecular flexibility index (Phi) is 14.1. The summed E-state index contributed by atoms with van der Waals surface area (Å²) in [7, 11) is 0. The highest BCUT2D eigenvalue weighted by Gasteiger charge is 1.93. The number of hydrogen-bond acceptors (Lipinski definition) is 0. The second-order valence-electron chi connectivity index (χ2n) is 3.75. The molecular formula is C18H25ClF2. The SMILES string of the molecule is CC.CC.Cc1cc(F)cc(F)c1.Cc1cccc(Cl)c1. The molecule has 2 rings (SSSR count). The van der Waals surface area contributed by atoms with Crippen LogP contribution in [0.25, 0.3) is 0 Å². The lowest BCUT2D eigenvalue weighted by molar-refractivity contribution is 0.581. The van der Waals surface area contributed by atoms with Crippen molar-refractivity contribution < 1.29 is 8.78 Å². The molecule has 0 aromatic heterocycles. The van der Waals surface area contributed by atoms with E-state index < -0.39 is 11.6 Å². The summed E-state index contributed by atoms with van der Waals surface area (Å²) in [5.41, 5.74) is 1.81. The Morgan fingerprint density at radius 2 is 1.19 bits per heavy atom. The highest BCUT2D eigenvalue weighted by molar-refractivity contribution is 6.30. The molecule has 0 spiro atoms. The van der Waals surface area contributed by atoms with E-state index in [0.29, 0.717) is 5.56 Å². The van der Waals surface area contributed by atoms with Crippen LogP contribution in [0, 0.1) is 25.5 Å². The van der Waals surface area contributed by atoms with Gasteiger partial charge in [0.2, 0.25) is 0 Å². The average molecular weight is 315 g/mol. The van der Waals surface area contributed by atoms with Crippen LogP contribution in [0.4, 0.5) is 8.78 Å². The van der Waals surface area contributed by atoms with Crippen molar-refractivity contribution in [3.63, 3.8) is 0 Å². The topological polar surface area (TPSA) is 0 Å². The molecule has 0 fully saturated rings. The molecule has 0 saturated carbocycles. The van der Waals surface area contributed by atoms with Gasteiger partial charge in [0.1, 0.15) is 11.6 Å². The minimum atomic E-state index is -0.521. The maximum atomic E-state index is 12.2. The van der Waals surface area contributed by atoms with Crippen molar-refractivity contribution in [2.45, 2.75) is 41.5 Å². The molecule has 0 aliphatic heterocycles. The van der Waals surface area contributed by atoms with Crippen molar-refractivity contribution in [3.05, 3.63) is 70.2 Å². The van der Waals surface area contributed by atoms with Gasteiger partial charge < -0.3 is 0 Å². The molecule has 0 radical (unpaired) electrons. The summed E-state index contributed by atoms with van der Waals surface area (Å²) in [6.45, 7) is 11.7. The minimum absolute atomic E-state index is 0.521. The zero-order valence-corrected chi connectivity index (χ0v) is 14.4. The van der Waals surface area contributed by atoms with Gasteiger partial charge in [0.25, 0.3) is 0 Å². The largest absolute Gasteiger partial charge is 0.207 e. The van der Waals surface area contributed by atoms with Crippen LogP contribution in [0.1, 0.15) is 38.8 Å². The van der Waals surface area contributed by atoms with Crippen LogP contribution in [-0.4, -0.2) is 0 Å². The van der Waals surface area contributed by atoms with Gasteiger partial charge in [0.05, 0.1) is 0 Å². The summed E-state index contributed by atoms with van der Waals surface area (Å²) in [6, 6.07) is 11.2. The number of benzene rings is 2. The average Bonchev–Trinajstić information content (AvgIpc) is 2.42. The standard InChI is InChI=1S/C7H7Cl.C7H6F2.2C2H6/c1-6-3-2-4-7(8)5-6;1-5-2-6(8)4-7(9)3-5;2*1-2/h2-5H,1H3;2-4H,1H3;2*1-2H3. The molecule has 0 bridgehead atoms. The predicted octanol–water partition coefficient (Wildman–Crippen LogP) is 6.97. The molecule has 21 heavy (non-hydrogen) atoms. The Bertz CT molecular complexity index is 429. The molecule has 0 unspecified atom stereocenters.